The SMILES string of the molecule is CCC(CC)ON(C[C@H](O)CN(Cc1ccccc1)C(=O)Oc1ccoc1)S(=O)(=O)c1ccc2c(c1)OCO2. The van der Waals surface area contributed by atoms with Crippen LogP contribution in [0, 0.1) is 0 Å². The predicted octanol–water partition coefficient (Wildman–Crippen LogP) is 4.18. The van der Waals surface area contributed by atoms with E-state index in [9.17, 15) is 18.3 Å². The van der Waals surface area contributed by atoms with Gasteiger partial charge in [0.05, 0.1) is 36.5 Å². The third kappa shape index (κ3) is 7.30. The lowest BCUT2D eigenvalue weighted by Gasteiger charge is -2.30. The average Bonchev–Trinajstić information content (AvgIpc) is 3.62. The summed E-state index contributed by atoms with van der Waals surface area (Å²) in [7, 11) is -4.22. The molecule has 0 aliphatic carbocycles. The van der Waals surface area contributed by atoms with Crippen LogP contribution in [-0.4, -0.2) is 61.1 Å². The van der Waals surface area contributed by atoms with Gasteiger partial charge in [0.2, 0.25) is 6.79 Å². The number of hydroxylamine groups is 1. The number of hydrogen-bond donors (Lipinski definition) is 1. The minimum absolute atomic E-state index is 0.00231. The van der Waals surface area contributed by atoms with E-state index in [-0.39, 0.29) is 30.5 Å². The van der Waals surface area contributed by atoms with Crippen molar-refractivity contribution < 1.29 is 41.8 Å². The van der Waals surface area contributed by atoms with Crippen LogP contribution in [0.2, 0.25) is 0 Å². The molecule has 39 heavy (non-hydrogen) atoms. The van der Waals surface area contributed by atoms with Crippen LogP contribution in [0.25, 0.3) is 0 Å². The van der Waals surface area contributed by atoms with E-state index in [1.165, 1.54) is 41.7 Å². The maximum absolute atomic E-state index is 13.6. The number of fused-ring (bicyclic) bond motifs is 1. The van der Waals surface area contributed by atoms with Gasteiger partial charge in [0.15, 0.2) is 17.2 Å². The first-order valence-electron chi connectivity index (χ1n) is 12.6. The number of nitrogens with zero attached hydrogens (tertiary/aromatic N) is 2. The predicted molar refractivity (Wildman–Crippen MR) is 140 cm³/mol. The first-order chi connectivity index (χ1) is 18.8. The zero-order valence-electron chi connectivity index (χ0n) is 21.8. The van der Waals surface area contributed by atoms with Crippen LogP contribution in [0.4, 0.5) is 4.79 Å². The molecule has 2 aromatic carbocycles. The standard InChI is InChI=1S/C27H32N2O9S/c1-3-22(4-2)38-29(39(32,33)24-10-11-25-26(14-24)36-19-35-25)17-21(30)16-28(15-20-8-6-5-7-9-20)27(31)37-23-12-13-34-18-23/h5-14,18,21-22,30H,3-4,15-17,19H2,1-2H3/t21-/m1/s1. The van der Waals surface area contributed by atoms with Gasteiger partial charge in [-0.1, -0.05) is 48.6 Å². The molecular formula is C27H32N2O9S. The minimum Gasteiger partial charge on any atom is -0.469 e. The number of rotatable bonds is 13. The molecule has 1 atom stereocenters. The van der Waals surface area contributed by atoms with Crippen molar-refractivity contribution in [3.63, 3.8) is 0 Å². The number of benzene rings is 2. The molecule has 0 spiro atoms. The number of ether oxygens (including phenoxy) is 3. The normalized spacial score (nSPS) is 13.6. The Hall–Kier alpha value is -3.58. The molecule has 1 aliphatic rings. The van der Waals surface area contributed by atoms with Crippen LogP contribution in [-0.2, 0) is 21.4 Å². The molecular weight excluding hydrogens is 528 g/mol. The molecule has 12 heteroatoms. The third-order valence-corrected chi connectivity index (χ3v) is 7.67. The van der Waals surface area contributed by atoms with Crippen LogP contribution in [0.3, 0.4) is 0 Å². The van der Waals surface area contributed by atoms with E-state index >= 15 is 0 Å². The lowest BCUT2D eigenvalue weighted by molar-refractivity contribution is -0.148. The molecule has 0 saturated heterocycles. The number of carbonyl (C=O) groups is 1. The Bertz CT molecular complexity index is 1310. The van der Waals surface area contributed by atoms with Crippen LogP contribution in [0.1, 0.15) is 32.3 Å². The van der Waals surface area contributed by atoms with Crippen molar-refractivity contribution in [1.82, 2.24) is 9.37 Å². The Balaban J connectivity index is 1.55. The second-order valence-electron chi connectivity index (χ2n) is 8.90. The molecule has 3 aromatic rings. The molecule has 1 aromatic heterocycles. The summed E-state index contributed by atoms with van der Waals surface area (Å²) in [5, 5.41) is 11.1. The second-order valence-corrected chi connectivity index (χ2v) is 10.7. The molecule has 1 N–H and O–H groups in total. The van der Waals surface area contributed by atoms with Crippen LogP contribution in [0.5, 0.6) is 17.2 Å². The van der Waals surface area contributed by atoms with E-state index in [1.54, 1.807) is 0 Å². The van der Waals surface area contributed by atoms with E-state index in [2.05, 4.69) is 0 Å². The van der Waals surface area contributed by atoms with Gasteiger partial charge in [-0.05, 0) is 30.5 Å². The molecule has 1 amide bonds. The van der Waals surface area contributed by atoms with Crippen molar-refractivity contribution in [2.75, 3.05) is 19.9 Å². The van der Waals surface area contributed by atoms with Gasteiger partial charge >= 0.3 is 6.09 Å². The topological polar surface area (TPSA) is 128 Å². The molecule has 1 aliphatic heterocycles. The number of aliphatic hydroxyl groups excluding tert-OH is 1. The second kappa shape index (κ2) is 13.0. The fourth-order valence-electron chi connectivity index (χ4n) is 3.92. The molecule has 0 unspecified atom stereocenters. The number of amides is 1. The quantitative estimate of drug-likeness (QED) is 0.306. The summed E-state index contributed by atoms with van der Waals surface area (Å²) in [6.45, 7) is 3.21. The van der Waals surface area contributed by atoms with Gasteiger partial charge in [0, 0.05) is 18.7 Å². The van der Waals surface area contributed by atoms with Crippen molar-refractivity contribution in [3.05, 3.63) is 72.7 Å². The van der Waals surface area contributed by atoms with Crippen molar-refractivity contribution >= 4 is 16.1 Å². The smallest absolute Gasteiger partial charge is 0.415 e. The molecule has 0 fully saturated rings. The van der Waals surface area contributed by atoms with E-state index in [4.69, 9.17) is 23.5 Å². The van der Waals surface area contributed by atoms with Crippen molar-refractivity contribution in [3.8, 4) is 17.2 Å². The summed E-state index contributed by atoms with van der Waals surface area (Å²) in [6, 6.07) is 14.9. The summed E-state index contributed by atoms with van der Waals surface area (Å²) in [5.74, 6) is 0.945. The van der Waals surface area contributed by atoms with Gasteiger partial charge in [-0.2, -0.15) is 0 Å². The van der Waals surface area contributed by atoms with E-state index in [0.717, 1.165) is 10.0 Å². The Labute approximate surface area is 227 Å². The van der Waals surface area contributed by atoms with Crippen molar-refractivity contribution in [2.24, 2.45) is 0 Å². The maximum Gasteiger partial charge on any atom is 0.415 e. The van der Waals surface area contributed by atoms with E-state index in [1.807, 2.05) is 44.2 Å². The van der Waals surface area contributed by atoms with E-state index in [0.29, 0.717) is 24.3 Å². The lowest BCUT2D eigenvalue weighted by atomic mass is 10.2. The van der Waals surface area contributed by atoms with Gasteiger partial charge < -0.3 is 28.6 Å². The Morgan fingerprint density at radius 2 is 1.77 bits per heavy atom. The summed E-state index contributed by atoms with van der Waals surface area (Å²) < 4.78 is 49.0. The fourth-order valence-corrected chi connectivity index (χ4v) is 5.26. The van der Waals surface area contributed by atoms with Crippen molar-refractivity contribution in [2.45, 2.75) is 50.3 Å². The number of aliphatic hydroxyl groups is 1. The zero-order valence-corrected chi connectivity index (χ0v) is 22.6. The highest BCUT2D eigenvalue weighted by atomic mass is 32.2. The van der Waals surface area contributed by atoms with Gasteiger partial charge in [-0.25, -0.2) is 13.2 Å². The van der Waals surface area contributed by atoms with Crippen LogP contribution in [0.15, 0.2) is 76.4 Å². The van der Waals surface area contributed by atoms with Gasteiger partial charge in [-0.15, -0.1) is 0 Å². The van der Waals surface area contributed by atoms with Crippen LogP contribution < -0.4 is 14.2 Å². The number of carbonyl (C=O) groups excluding carboxylic acids is 1. The molecule has 0 radical (unpaired) electrons. The molecule has 11 nitrogen and oxygen atoms in total. The largest absolute Gasteiger partial charge is 0.469 e. The summed E-state index contributed by atoms with van der Waals surface area (Å²) in [5.41, 5.74) is 0.798. The third-order valence-electron chi connectivity index (χ3n) is 6.05. The van der Waals surface area contributed by atoms with Crippen LogP contribution >= 0.6 is 0 Å². The number of sulfonamides is 1. The van der Waals surface area contributed by atoms with Gasteiger partial charge in [-0.3, -0.25) is 4.84 Å². The molecule has 2 heterocycles. The highest BCUT2D eigenvalue weighted by Crippen LogP contribution is 2.35. The van der Waals surface area contributed by atoms with Gasteiger partial charge in [0.1, 0.15) is 6.26 Å². The lowest BCUT2D eigenvalue weighted by Crippen LogP contribution is -2.46. The Morgan fingerprint density at radius 1 is 1.03 bits per heavy atom. The summed E-state index contributed by atoms with van der Waals surface area (Å²) in [6.07, 6.45) is 1.29. The van der Waals surface area contributed by atoms with E-state index < -0.39 is 34.9 Å². The summed E-state index contributed by atoms with van der Waals surface area (Å²) >= 11 is 0. The first-order valence-corrected chi connectivity index (χ1v) is 14.0. The maximum atomic E-state index is 13.6. The number of furan rings is 1. The molecule has 4 rings (SSSR count). The summed E-state index contributed by atoms with van der Waals surface area (Å²) in [4.78, 5) is 20.1. The molecule has 210 valence electrons. The first kappa shape index (κ1) is 28.4. The zero-order chi connectivity index (χ0) is 27.8. The Morgan fingerprint density at radius 3 is 2.46 bits per heavy atom. The average molecular weight is 561 g/mol. The highest BCUT2D eigenvalue weighted by Gasteiger charge is 2.32. The molecule has 0 bridgehead atoms. The molecule has 0 saturated carbocycles. The van der Waals surface area contributed by atoms with Gasteiger partial charge in [0.25, 0.3) is 10.0 Å². The minimum atomic E-state index is -4.22. The number of hydrogen-bond acceptors (Lipinski definition) is 9. The fraction of sp³-hybridized carbons (Fsp3) is 0.370. The Kier molecular flexibility index (Phi) is 9.46. The highest BCUT2D eigenvalue weighted by molar-refractivity contribution is 7.89. The monoisotopic (exact) mass is 560 g/mol. The van der Waals surface area contributed by atoms with Crippen molar-refractivity contribution in [1.29, 1.82) is 0 Å².